The van der Waals surface area contributed by atoms with Crippen molar-refractivity contribution in [2.45, 2.75) is 89.0 Å². The molecule has 198 valence electrons. The molecule has 4 rings (SSSR count). The third-order valence-corrected chi connectivity index (χ3v) is 16.3. The van der Waals surface area contributed by atoms with Gasteiger partial charge in [0.2, 0.25) is 0 Å². The van der Waals surface area contributed by atoms with Crippen LogP contribution in [0.2, 0.25) is 37.8 Å². The molecule has 2 heterocycles. The van der Waals surface area contributed by atoms with Crippen molar-refractivity contribution in [3.8, 4) is 11.5 Å². The van der Waals surface area contributed by atoms with Crippen molar-refractivity contribution in [2.24, 2.45) is 0 Å². The van der Waals surface area contributed by atoms with Crippen LogP contribution in [0.1, 0.15) is 39.0 Å². The third kappa shape index (κ3) is 8.20. The predicted octanol–water partition coefficient (Wildman–Crippen LogP) is 6.11. The van der Waals surface area contributed by atoms with Crippen molar-refractivity contribution in [3.63, 3.8) is 0 Å². The molecule has 2 aromatic rings. The SMILES string of the molecule is CC(CCCCCC[Si](C)(C)c1cccc(OCC2CO2)c1)[Si](C)(C)c1cccc(OCC2CO2)c1. The first-order valence-corrected chi connectivity index (χ1v) is 20.2. The second kappa shape index (κ2) is 12.3. The molecule has 2 aliphatic heterocycles. The van der Waals surface area contributed by atoms with E-state index in [1.807, 2.05) is 0 Å². The van der Waals surface area contributed by atoms with Crippen LogP contribution >= 0.6 is 0 Å². The van der Waals surface area contributed by atoms with E-state index in [-0.39, 0.29) is 0 Å². The zero-order chi connectivity index (χ0) is 25.6. The molecule has 3 unspecified atom stereocenters. The quantitative estimate of drug-likeness (QED) is 0.150. The maximum absolute atomic E-state index is 5.95. The maximum Gasteiger partial charge on any atom is 0.119 e. The summed E-state index contributed by atoms with van der Waals surface area (Å²) in [5, 5.41) is 3.02. The van der Waals surface area contributed by atoms with Crippen molar-refractivity contribution in [1.82, 2.24) is 0 Å². The Morgan fingerprint density at radius 1 is 0.778 bits per heavy atom. The first kappa shape index (κ1) is 27.4. The lowest BCUT2D eigenvalue weighted by Gasteiger charge is -2.31. The van der Waals surface area contributed by atoms with Crippen LogP contribution in [0.4, 0.5) is 0 Å². The zero-order valence-corrected chi connectivity index (χ0v) is 25.1. The molecule has 2 aromatic carbocycles. The molecular formula is C30H46O4Si2. The largest absolute Gasteiger partial charge is 0.491 e. The number of rotatable bonds is 16. The number of unbranched alkanes of at least 4 members (excludes halogenated alkanes) is 3. The summed E-state index contributed by atoms with van der Waals surface area (Å²) < 4.78 is 22.4. The number of ether oxygens (including phenoxy) is 4. The van der Waals surface area contributed by atoms with Gasteiger partial charge in [-0.15, -0.1) is 0 Å². The molecule has 36 heavy (non-hydrogen) atoms. The lowest BCUT2D eigenvalue weighted by atomic mass is 10.1. The van der Waals surface area contributed by atoms with Gasteiger partial charge in [-0.25, -0.2) is 0 Å². The van der Waals surface area contributed by atoms with Crippen LogP contribution in [0.15, 0.2) is 48.5 Å². The van der Waals surface area contributed by atoms with Crippen molar-refractivity contribution >= 4 is 26.5 Å². The molecule has 2 saturated heterocycles. The molecule has 0 spiro atoms. The van der Waals surface area contributed by atoms with Gasteiger partial charge in [0.1, 0.15) is 36.9 Å². The van der Waals surface area contributed by atoms with Gasteiger partial charge in [-0.2, -0.15) is 0 Å². The average molecular weight is 527 g/mol. The molecule has 0 N–H and O–H groups in total. The van der Waals surface area contributed by atoms with E-state index in [1.54, 1.807) is 0 Å². The van der Waals surface area contributed by atoms with Crippen LogP contribution < -0.4 is 19.8 Å². The molecule has 0 radical (unpaired) electrons. The van der Waals surface area contributed by atoms with Gasteiger partial charge in [0.15, 0.2) is 0 Å². The Hall–Kier alpha value is -1.61. The van der Waals surface area contributed by atoms with Gasteiger partial charge in [-0.05, 0) is 29.8 Å². The van der Waals surface area contributed by atoms with Crippen LogP contribution in [-0.4, -0.2) is 54.8 Å². The topological polar surface area (TPSA) is 43.5 Å². The van der Waals surface area contributed by atoms with E-state index in [9.17, 15) is 0 Å². The maximum atomic E-state index is 5.95. The number of epoxide rings is 2. The van der Waals surface area contributed by atoms with Gasteiger partial charge < -0.3 is 18.9 Å². The Morgan fingerprint density at radius 2 is 1.31 bits per heavy atom. The van der Waals surface area contributed by atoms with E-state index < -0.39 is 16.1 Å². The molecule has 0 aliphatic carbocycles. The van der Waals surface area contributed by atoms with Crippen molar-refractivity contribution < 1.29 is 18.9 Å². The highest BCUT2D eigenvalue weighted by molar-refractivity contribution is 6.91. The fourth-order valence-electron chi connectivity index (χ4n) is 4.86. The first-order chi connectivity index (χ1) is 17.2. The van der Waals surface area contributed by atoms with Crippen LogP contribution in [0.25, 0.3) is 0 Å². The summed E-state index contributed by atoms with van der Waals surface area (Å²) in [6.45, 7) is 15.6. The lowest BCUT2D eigenvalue weighted by molar-refractivity contribution is 0.263. The fraction of sp³-hybridized carbons (Fsp3) is 0.600. The van der Waals surface area contributed by atoms with Crippen LogP contribution in [0.5, 0.6) is 11.5 Å². The van der Waals surface area contributed by atoms with Crippen LogP contribution in [0.3, 0.4) is 0 Å². The lowest BCUT2D eigenvalue weighted by Crippen LogP contribution is -2.45. The van der Waals surface area contributed by atoms with Gasteiger partial charge in [0, 0.05) is 0 Å². The summed E-state index contributed by atoms with van der Waals surface area (Å²) in [6.07, 6.45) is 7.28. The summed E-state index contributed by atoms with van der Waals surface area (Å²) in [7, 11) is -2.98. The highest BCUT2D eigenvalue weighted by atomic mass is 28.3. The van der Waals surface area contributed by atoms with E-state index >= 15 is 0 Å². The molecular weight excluding hydrogens is 480 g/mol. The Morgan fingerprint density at radius 3 is 1.89 bits per heavy atom. The minimum absolute atomic E-state index is 0.303. The van der Waals surface area contributed by atoms with Gasteiger partial charge in [-0.3, -0.25) is 0 Å². The number of hydrogen-bond donors (Lipinski definition) is 0. The van der Waals surface area contributed by atoms with Crippen molar-refractivity contribution in [1.29, 1.82) is 0 Å². The predicted molar refractivity (Wildman–Crippen MR) is 155 cm³/mol. The second-order valence-electron chi connectivity index (χ2n) is 12.0. The monoisotopic (exact) mass is 526 g/mol. The standard InChI is InChI=1S/C30H46O4Si2/c1-24(36(4,5)30-16-11-14-26(19-30)32-21-28-23-34-28)12-8-6-7-9-17-35(2,3)29-15-10-13-25(18-29)31-20-27-22-33-27/h10-11,13-16,18-19,24,27-28H,6-9,12,17,20-23H2,1-5H3. The molecule has 0 bridgehead atoms. The molecule has 2 aliphatic rings. The van der Waals surface area contributed by atoms with E-state index in [4.69, 9.17) is 18.9 Å². The second-order valence-corrected chi connectivity index (χ2v) is 21.9. The molecule has 0 aromatic heterocycles. The van der Waals surface area contributed by atoms with Crippen LogP contribution in [0, 0.1) is 0 Å². The molecule has 3 atom stereocenters. The Bertz CT molecular complexity index is 969. The molecule has 4 nitrogen and oxygen atoms in total. The Labute approximate surface area is 220 Å². The average Bonchev–Trinajstić information content (AvgIpc) is 3.79. The van der Waals surface area contributed by atoms with Crippen molar-refractivity contribution in [2.75, 3.05) is 26.4 Å². The van der Waals surface area contributed by atoms with E-state index in [0.717, 1.165) is 30.3 Å². The van der Waals surface area contributed by atoms with E-state index in [0.29, 0.717) is 25.4 Å². The number of hydrogen-bond acceptors (Lipinski definition) is 4. The summed E-state index contributed by atoms with van der Waals surface area (Å²) in [4.78, 5) is 0. The minimum atomic E-state index is -1.54. The summed E-state index contributed by atoms with van der Waals surface area (Å²) in [5.41, 5.74) is 0.758. The van der Waals surface area contributed by atoms with Gasteiger partial charge >= 0.3 is 0 Å². The summed E-state index contributed by atoms with van der Waals surface area (Å²) in [6, 6.07) is 19.0. The molecule has 0 saturated carbocycles. The normalized spacial score (nSPS) is 20.1. The van der Waals surface area contributed by atoms with Crippen molar-refractivity contribution in [3.05, 3.63) is 48.5 Å². The molecule has 6 heteroatoms. The van der Waals surface area contributed by atoms with E-state index in [1.165, 1.54) is 48.5 Å². The fourth-order valence-corrected chi connectivity index (χ4v) is 9.90. The van der Waals surface area contributed by atoms with Crippen LogP contribution in [-0.2, 0) is 9.47 Å². The molecule has 0 amide bonds. The number of benzene rings is 2. The highest BCUT2D eigenvalue weighted by Crippen LogP contribution is 2.29. The van der Waals surface area contributed by atoms with Gasteiger partial charge in [0.05, 0.1) is 29.4 Å². The molecule has 2 fully saturated rings. The van der Waals surface area contributed by atoms with Gasteiger partial charge in [-0.1, -0.05) is 106 Å². The smallest absolute Gasteiger partial charge is 0.119 e. The minimum Gasteiger partial charge on any atom is -0.491 e. The summed E-state index contributed by atoms with van der Waals surface area (Å²) in [5.74, 6) is 2.00. The highest BCUT2D eigenvalue weighted by Gasteiger charge is 2.31. The summed E-state index contributed by atoms with van der Waals surface area (Å²) >= 11 is 0. The Balaban J connectivity index is 1.16. The zero-order valence-electron chi connectivity index (χ0n) is 23.1. The third-order valence-electron chi connectivity index (χ3n) is 8.29. The Kier molecular flexibility index (Phi) is 9.37. The van der Waals surface area contributed by atoms with Gasteiger partial charge in [0.25, 0.3) is 0 Å². The van der Waals surface area contributed by atoms with E-state index in [2.05, 4.69) is 81.6 Å². The first-order valence-electron chi connectivity index (χ1n) is 13.9.